The van der Waals surface area contributed by atoms with E-state index in [9.17, 15) is 4.79 Å². The number of benzene rings is 1. The molecule has 24 heavy (non-hydrogen) atoms. The number of halogens is 2. The third kappa shape index (κ3) is 3.43. The van der Waals surface area contributed by atoms with Crippen LogP contribution in [-0.4, -0.2) is 28.7 Å². The van der Waals surface area contributed by atoms with Gasteiger partial charge in [0.1, 0.15) is 11.6 Å². The molecule has 0 saturated carbocycles. The van der Waals surface area contributed by atoms with Crippen LogP contribution in [0.3, 0.4) is 0 Å². The van der Waals surface area contributed by atoms with E-state index in [0.29, 0.717) is 27.4 Å². The molecule has 3 rings (SSSR count). The normalized spacial score (nSPS) is 18.5. The van der Waals surface area contributed by atoms with Gasteiger partial charge in [-0.1, -0.05) is 29.3 Å². The van der Waals surface area contributed by atoms with Gasteiger partial charge in [0.15, 0.2) is 0 Å². The Morgan fingerprint density at radius 2 is 2.04 bits per heavy atom. The van der Waals surface area contributed by atoms with Crippen molar-refractivity contribution in [3.8, 4) is 5.69 Å². The maximum Gasteiger partial charge on any atom is 0.260 e. The van der Waals surface area contributed by atoms with Gasteiger partial charge in [-0.25, -0.2) is 4.98 Å². The van der Waals surface area contributed by atoms with Crippen molar-refractivity contribution in [3.05, 3.63) is 50.5 Å². The molecular weight excluding hydrogens is 347 g/mol. The molecule has 0 radical (unpaired) electrons. The van der Waals surface area contributed by atoms with Crippen LogP contribution in [0.5, 0.6) is 0 Å². The van der Waals surface area contributed by atoms with E-state index < -0.39 is 0 Å². The number of hydrogen-bond acceptors (Lipinski definition) is 4. The molecule has 5 nitrogen and oxygen atoms in total. The SMILES string of the molecule is Cc1nc(N2CCCC(N)CC2)cc(=O)n1-c1cccc(Cl)c1Cl. The van der Waals surface area contributed by atoms with Crippen molar-refractivity contribution in [2.24, 2.45) is 5.73 Å². The molecule has 7 heteroatoms. The van der Waals surface area contributed by atoms with E-state index in [2.05, 4.69) is 9.88 Å². The summed E-state index contributed by atoms with van der Waals surface area (Å²) < 4.78 is 1.49. The van der Waals surface area contributed by atoms with Crippen LogP contribution in [0.4, 0.5) is 5.82 Å². The summed E-state index contributed by atoms with van der Waals surface area (Å²) in [6, 6.07) is 6.99. The molecule has 1 aliphatic heterocycles. The first-order valence-electron chi connectivity index (χ1n) is 8.03. The van der Waals surface area contributed by atoms with E-state index in [0.717, 1.165) is 32.4 Å². The Morgan fingerprint density at radius 3 is 2.79 bits per heavy atom. The largest absolute Gasteiger partial charge is 0.356 e. The van der Waals surface area contributed by atoms with E-state index in [-0.39, 0.29) is 11.6 Å². The Morgan fingerprint density at radius 1 is 1.25 bits per heavy atom. The molecule has 0 aliphatic carbocycles. The summed E-state index contributed by atoms with van der Waals surface area (Å²) >= 11 is 12.3. The second-order valence-corrected chi connectivity index (χ2v) is 6.87. The molecule has 1 aliphatic rings. The van der Waals surface area contributed by atoms with E-state index in [1.165, 1.54) is 4.57 Å². The summed E-state index contributed by atoms with van der Waals surface area (Å²) in [5, 5.41) is 0.755. The van der Waals surface area contributed by atoms with Gasteiger partial charge in [-0.15, -0.1) is 0 Å². The second-order valence-electron chi connectivity index (χ2n) is 6.09. The van der Waals surface area contributed by atoms with Crippen LogP contribution < -0.4 is 16.2 Å². The van der Waals surface area contributed by atoms with Crippen LogP contribution in [-0.2, 0) is 0 Å². The van der Waals surface area contributed by atoms with Gasteiger partial charge in [-0.05, 0) is 38.3 Å². The number of hydrogen-bond donors (Lipinski definition) is 1. The maximum atomic E-state index is 12.7. The first-order valence-corrected chi connectivity index (χ1v) is 8.78. The quantitative estimate of drug-likeness (QED) is 0.886. The minimum absolute atomic E-state index is 0.171. The van der Waals surface area contributed by atoms with Gasteiger partial charge in [-0.3, -0.25) is 9.36 Å². The van der Waals surface area contributed by atoms with Crippen LogP contribution >= 0.6 is 23.2 Å². The number of aromatic nitrogens is 2. The van der Waals surface area contributed by atoms with Crippen LogP contribution in [0.25, 0.3) is 5.69 Å². The van der Waals surface area contributed by atoms with Gasteiger partial charge in [0.05, 0.1) is 15.7 Å². The zero-order valence-electron chi connectivity index (χ0n) is 13.5. The van der Waals surface area contributed by atoms with E-state index in [1.54, 1.807) is 31.2 Å². The number of aryl methyl sites for hydroxylation is 1. The van der Waals surface area contributed by atoms with Crippen LogP contribution in [0, 0.1) is 6.92 Å². The van der Waals surface area contributed by atoms with Crippen LogP contribution in [0.15, 0.2) is 29.1 Å². The second kappa shape index (κ2) is 7.13. The summed E-state index contributed by atoms with van der Waals surface area (Å²) in [6.07, 6.45) is 2.92. The highest BCUT2D eigenvalue weighted by molar-refractivity contribution is 6.43. The fraction of sp³-hybridized carbons (Fsp3) is 0.412. The average Bonchev–Trinajstić information content (AvgIpc) is 2.75. The van der Waals surface area contributed by atoms with E-state index in [4.69, 9.17) is 28.9 Å². The molecule has 0 spiro atoms. The van der Waals surface area contributed by atoms with Crippen molar-refractivity contribution in [2.75, 3.05) is 18.0 Å². The molecule has 1 unspecified atom stereocenters. The van der Waals surface area contributed by atoms with Gasteiger partial charge in [0, 0.05) is 25.2 Å². The molecule has 2 N–H and O–H groups in total. The predicted molar refractivity (Wildman–Crippen MR) is 98.6 cm³/mol. The Labute approximate surface area is 151 Å². The third-order valence-electron chi connectivity index (χ3n) is 4.34. The first-order chi connectivity index (χ1) is 11.5. The molecule has 2 aromatic rings. The topological polar surface area (TPSA) is 64.2 Å². The maximum absolute atomic E-state index is 12.7. The van der Waals surface area contributed by atoms with Crippen molar-refractivity contribution in [1.82, 2.24) is 9.55 Å². The lowest BCUT2D eigenvalue weighted by Gasteiger charge is -2.22. The van der Waals surface area contributed by atoms with Gasteiger partial charge >= 0.3 is 0 Å². The van der Waals surface area contributed by atoms with Gasteiger partial charge in [0.25, 0.3) is 5.56 Å². The Balaban J connectivity index is 2.00. The molecule has 0 amide bonds. The highest BCUT2D eigenvalue weighted by Gasteiger charge is 2.18. The zero-order valence-corrected chi connectivity index (χ0v) is 15.0. The molecular formula is C17H20Cl2N4O. The minimum Gasteiger partial charge on any atom is -0.356 e. The highest BCUT2D eigenvalue weighted by atomic mass is 35.5. The smallest absolute Gasteiger partial charge is 0.260 e. The minimum atomic E-state index is -0.171. The molecule has 128 valence electrons. The first kappa shape index (κ1) is 17.3. The Kier molecular flexibility index (Phi) is 5.13. The lowest BCUT2D eigenvalue weighted by atomic mass is 10.1. The molecule has 1 fully saturated rings. The molecule has 1 aromatic heterocycles. The fourth-order valence-corrected chi connectivity index (χ4v) is 3.43. The summed E-state index contributed by atoms with van der Waals surface area (Å²) in [4.78, 5) is 19.4. The lowest BCUT2D eigenvalue weighted by molar-refractivity contribution is 0.601. The fourth-order valence-electron chi connectivity index (χ4n) is 3.05. The van der Waals surface area contributed by atoms with Gasteiger partial charge in [0.2, 0.25) is 0 Å². The molecule has 1 atom stereocenters. The Bertz CT molecular complexity index is 806. The van der Waals surface area contributed by atoms with Crippen molar-refractivity contribution < 1.29 is 0 Å². The van der Waals surface area contributed by atoms with Crippen molar-refractivity contribution >= 4 is 29.0 Å². The number of anilines is 1. The monoisotopic (exact) mass is 366 g/mol. The number of rotatable bonds is 2. The molecule has 0 bridgehead atoms. The summed E-state index contributed by atoms with van der Waals surface area (Å²) in [5.74, 6) is 1.27. The van der Waals surface area contributed by atoms with Crippen LogP contribution in [0.2, 0.25) is 10.0 Å². The van der Waals surface area contributed by atoms with Crippen molar-refractivity contribution in [3.63, 3.8) is 0 Å². The third-order valence-corrected chi connectivity index (χ3v) is 5.15. The van der Waals surface area contributed by atoms with E-state index >= 15 is 0 Å². The lowest BCUT2D eigenvalue weighted by Crippen LogP contribution is -2.30. The highest BCUT2D eigenvalue weighted by Crippen LogP contribution is 2.28. The zero-order chi connectivity index (χ0) is 17.3. The molecule has 1 aromatic carbocycles. The summed E-state index contributed by atoms with van der Waals surface area (Å²) in [6.45, 7) is 3.47. The number of nitrogens with two attached hydrogens (primary N) is 1. The van der Waals surface area contributed by atoms with E-state index in [1.807, 2.05) is 0 Å². The van der Waals surface area contributed by atoms with Gasteiger partial charge in [-0.2, -0.15) is 0 Å². The molecule has 1 saturated heterocycles. The standard InChI is InChI=1S/C17H20Cl2N4O/c1-11-21-15(22-8-3-4-12(20)7-9-22)10-16(24)23(11)14-6-2-5-13(18)17(14)19/h2,5-6,10,12H,3-4,7-9,20H2,1H3. The predicted octanol–water partition coefficient (Wildman–Crippen LogP) is 3.17. The molecule has 2 heterocycles. The van der Waals surface area contributed by atoms with Gasteiger partial charge < -0.3 is 10.6 Å². The van der Waals surface area contributed by atoms with Crippen molar-refractivity contribution in [2.45, 2.75) is 32.2 Å². The average molecular weight is 367 g/mol. The van der Waals surface area contributed by atoms with Crippen LogP contribution in [0.1, 0.15) is 25.1 Å². The Hall–Kier alpha value is -1.56. The summed E-state index contributed by atoms with van der Waals surface area (Å²) in [7, 11) is 0. The summed E-state index contributed by atoms with van der Waals surface area (Å²) in [5.41, 5.74) is 6.40. The number of nitrogens with zero attached hydrogens (tertiary/aromatic N) is 3. The van der Waals surface area contributed by atoms with Crippen molar-refractivity contribution in [1.29, 1.82) is 0 Å².